The van der Waals surface area contributed by atoms with E-state index in [0.717, 1.165) is 25.8 Å². The molecule has 1 rings (SSSR count). The molecule has 24 heavy (non-hydrogen) atoms. The lowest BCUT2D eigenvalue weighted by atomic mass is 9.76. The fourth-order valence-corrected chi connectivity index (χ4v) is 4.04. The smallest absolute Gasteiger partial charge is 0.233 e. The summed E-state index contributed by atoms with van der Waals surface area (Å²) in [5.74, 6) is 4.76. The van der Waals surface area contributed by atoms with E-state index in [9.17, 15) is 9.59 Å². The van der Waals surface area contributed by atoms with E-state index in [1.54, 1.807) is 0 Å². The van der Waals surface area contributed by atoms with Crippen molar-refractivity contribution in [1.29, 1.82) is 0 Å². The molecule has 0 unspecified atom stereocenters. The Labute approximate surface area is 145 Å². The molecule has 0 aromatic rings. The van der Waals surface area contributed by atoms with Crippen LogP contribution >= 0.6 is 0 Å². The third-order valence-corrected chi connectivity index (χ3v) is 4.83. The van der Waals surface area contributed by atoms with Gasteiger partial charge in [-0.15, -0.1) is 0 Å². The number of aliphatic hydroxyl groups excluding tert-OH is 1. The average molecular weight is 342 g/mol. The molecule has 2 amide bonds. The first-order chi connectivity index (χ1) is 11.1. The summed E-state index contributed by atoms with van der Waals surface area (Å²) >= 11 is 0. The predicted octanol–water partition coefficient (Wildman–Crippen LogP) is 0.667. The zero-order valence-electron chi connectivity index (χ0n) is 15.5. The molecule has 7 heteroatoms. The van der Waals surface area contributed by atoms with Gasteiger partial charge in [-0.05, 0) is 53.4 Å². The Bertz CT molecular complexity index is 420. The SMILES string of the molecule is CC1(C)CC(NC(=O)CCCC(=O)NN)CC(C)(C)N1CCCO. The minimum absolute atomic E-state index is 0.0137. The number of carbonyl (C=O) groups is 2. The zero-order valence-corrected chi connectivity index (χ0v) is 15.5. The monoisotopic (exact) mass is 342 g/mol. The number of hydrogen-bond acceptors (Lipinski definition) is 5. The van der Waals surface area contributed by atoms with Gasteiger partial charge in [0.05, 0.1) is 0 Å². The van der Waals surface area contributed by atoms with E-state index in [1.807, 2.05) is 0 Å². The number of hydrazine groups is 1. The van der Waals surface area contributed by atoms with E-state index in [1.165, 1.54) is 0 Å². The second kappa shape index (κ2) is 8.78. The lowest BCUT2D eigenvalue weighted by Gasteiger charge is -2.55. The van der Waals surface area contributed by atoms with Gasteiger partial charge in [0.1, 0.15) is 0 Å². The molecule has 0 aliphatic carbocycles. The Morgan fingerprint density at radius 2 is 1.62 bits per heavy atom. The van der Waals surface area contributed by atoms with Crippen molar-refractivity contribution in [2.45, 2.75) is 83.3 Å². The molecule has 0 atom stereocenters. The standard InChI is InChI=1S/C17H34N4O3/c1-16(2)11-13(12-17(3,4)21(16)9-6-10-22)19-14(23)7-5-8-15(24)20-18/h13,22H,5-12,18H2,1-4H3,(H,19,23)(H,20,24). The van der Waals surface area contributed by atoms with E-state index in [2.05, 4.69) is 43.3 Å². The molecule has 0 aromatic carbocycles. The number of rotatable bonds is 8. The summed E-state index contributed by atoms with van der Waals surface area (Å²) < 4.78 is 0. The van der Waals surface area contributed by atoms with Gasteiger partial charge in [-0.1, -0.05) is 0 Å². The van der Waals surface area contributed by atoms with Gasteiger partial charge >= 0.3 is 0 Å². The van der Waals surface area contributed by atoms with Crippen molar-refractivity contribution in [2.24, 2.45) is 5.84 Å². The number of nitrogens with zero attached hydrogens (tertiary/aromatic N) is 1. The lowest BCUT2D eigenvalue weighted by molar-refractivity contribution is -0.124. The molecule has 0 aromatic heterocycles. The molecule has 0 saturated carbocycles. The molecule has 1 saturated heterocycles. The van der Waals surface area contributed by atoms with Gasteiger partial charge in [0.2, 0.25) is 11.8 Å². The van der Waals surface area contributed by atoms with Crippen LogP contribution in [0.15, 0.2) is 0 Å². The minimum atomic E-state index is -0.248. The summed E-state index contributed by atoms with van der Waals surface area (Å²) in [6.45, 7) is 9.81. The van der Waals surface area contributed by atoms with E-state index in [-0.39, 0.29) is 42.0 Å². The summed E-state index contributed by atoms with van der Waals surface area (Å²) in [7, 11) is 0. The minimum Gasteiger partial charge on any atom is -0.396 e. The van der Waals surface area contributed by atoms with E-state index >= 15 is 0 Å². The Kier molecular flexibility index (Phi) is 7.63. The molecule has 0 radical (unpaired) electrons. The highest BCUT2D eigenvalue weighted by Gasteiger charge is 2.45. The third kappa shape index (κ3) is 6.03. The van der Waals surface area contributed by atoms with Gasteiger partial charge in [0.25, 0.3) is 0 Å². The van der Waals surface area contributed by atoms with Crippen LogP contribution < -0.4 is 16.6 Å². The molecular formula is C17H34N4O3. The van der Waals surface area contributed by atoms with Crippen LogP contribution in [0.1, 0.15) is 66.2 Å². The fourth-order valence-electron chi connectivity index (χ4n) is 4.04. The molecule has 1 aliphatic rings. The third-order valence-electron chi connectivity index (χ3n) is 4.83. The van der Waals surface area contributed by atoms with Crippen molar-refractivity contribution in [3.63, 3.8) is 0 Å². The Balaban J connectivity index is 2.56. The van der Waals surface area contributed by atoms with Crippen LogP contribution in [0.5, 0.6) is 0 Å². The number of hydrogen-bond donors (Lipinski definition) is 4. The highest BCUT2D eigenvalue weighted by molar-refractivity contribution is 5.78. The largest absolute Gasteiger partial charge is 0.396 e. The van der Waals surface area contributed by atoms with Crippen LogP contribution in [0.2, 0.25) is 0 Å². The molecule has 1 heterocycles. The van der Waals surface area contributed by atoms with Crippen LogP contribution in [0.4, 0.5) is 0 Å². The number of nitrogens with two attached hydrogens (primary N) is 1. The van der Waals surface area contributed by atoms with Gasteiger partial charge in [-0.3, -0.25) is 19.9 Å². The fraction of sp³-hybridized carbons (Fsp3) is 0.882. The molecule has 0 bridgehead atoms. The first-order valence-electron chi connectivity index (χ1n) is 8.80. The summed E-state index contributed by atoms with van der Waals surface area (Å²) in [6, 6.07) is 0.121. The second-order valence-corrected chi connectivity index (χ2v) is 7.95. The van der Waals surface area contributed by atoms with Crippen LogP contribution in [-0.2, 0) is 9.59 Å². The molecule has 5 N–H and O–H groups in total. The van der Waals surface area contributed by atoms with Crippen LogP contribution in [0.25, 0.3) is 0 Å². The van der Waals surface area contributed by atoms with Crippen molar-refractivity contribution in [2.75, 3.05) is 13.2 Å². The van der Waals surface area contributed by atoms with Gasteiger partial charge < -0.3 is 10.4 Å². The van der Waals surface area contributed by atoms with E-state index in [0.29, 0.717) is 12.8 Å². The number of nitrogens with one attached hydrogen (secondary N) is 2. The highest BCUT2D eigenvalue weighted by Crippen LogP contribution is 2.38. The Morgan fingerprint density at radius 3 is 2.12 bits per heavy atom. The molecular weight excluding hydrogens is 308 g/mol. The second-order valence-electron chi connectivity index (χ2n) is 7.95. The summed E-state index contributed by atoms with van der Waals surface area (Å²) in [5.41, 5.74) is 1.97. The highest BCUT2D eigenvalue weighted by atomic mass is 16.3. The summed E-state index contributed by atoms with van der Waals surface area (Å²) in [4.78, 5) is 25.7. The normalized spacial score (nSPS) is 20.6. The van der Waals surface area contributed by atoms with E-state index in [4.69, 9.17) is 10.9 Å². The Hall–Kier alpha value is -1.18. The summed E-state index contributed by atoms with van der Waals surface area (Å²) in [5, 5.41) is 12.2. The molecule has 1 fully saturated rings. The number of aliphatic hydroxyl groups is 1. The first-order valence-corrected chi connectivity index (χ1v) is 8.80. The summed E-state index contributed by atoms with van der Waals surface area (Å²) in [6.07, 6.45) is 3.59. The molecule has 7 nitrogen and oxygen atoms in total. The first kappa shape index (κ1) is 20.9. The van der Waals surface area contributed by atoms with Gasteiger partial charge in [-0.25, -0.2) is 5.84 Å². The molecule has 140 valence electrons. The molecule has 0 spiro atoms. The quantitative estimate of drug-likeness (QED) is 0.295. The number of likely N-dealkylation sites (tertiary alicyclic amines) is 1. The number of carbonyl (C=O) groups excluding carboxylic acids is 2. The zero-order chi connectivity index (χ0) is 18.4. The molecule has 1 aliphatic heterocycles. The maximum atomic E-state index is 12.1. The van der Waals surface area contributed by atoms with Crippen molar-refractivity contribution >= 4 is 11.8 Å². The van der Waals surface area contributed by atoms with Crippen LogP contribution in [0, 0.1) is 0 Å². The van der Waals surface area contributed by atoms with Crippen molar-refractivity contribution in [1.82, 2.24) is 15.6 Å². The van der Waals surface area contributed by atoms with Gasteiger partial charge in [0, 0.05) is 43.1 Å². The number of piperidine rings is 1. The van der Waals surface area contributed by atoms with Crippen LogP contribution in [-0.4, -0.2) is 52.1 Å². The Morgan fingerprint density at radius 1 is 1.08 bits per heavy atom. The number of amides is 2. The van der Waals surface area contributed by atoms with Gasteiger partial charge in [0.15, 0.2) is 0 Å². The average Bonchev–Trinajstić information content (AvgIpc) is 2.44. The van der Waals surface area contributed by atoms with Crippen molar-refractivity contribution in [3.05, 3.63) is 0 Å². The van der Waals surface area contributed by atoms with Crippen molar-refractivity contribution in [3.8, 4) is 0 Å². The van der Waals surface area contributed by atoms with Crippen LogP contribution in [0.3, 0.4) is 0 Å². The predicted molar refractivity (Wildman–Crippen MR) is 93.9 cm³/mol. The van der Waals surface area contributed by atoms with Gasteiger partial charge in [-0.2, -0.15) is 0 Å². The lowest BCUT2D eigenvalue weighted by Crippen LogP contribution is -2.64. The van der Waals surface area contributed by atoms with E-state index < -0.39 is 0 Å². The van der Waals surface area contributed by atoms with Crippen molar-refractivity contribution < 1.29 is 14.7 Å². The maximum Gasteiger partial charge on any atom is 0.233 e. The maximum absolute atomic E-state index is 12.1. The topological polar surface area (TPSA) is 108 Å².